The van der Waals surface area contributed by atoms with Crippen LogP contribution in [-0.2, 0) is 0 Å². The van der Waals surface area contributed by atoms with Crippen molar-refractivity contribution in [3.63, 3.8) is 0 Å². The maximum Gasteiger partial charge on any atom is 0.157 e. The molecule has 0 radical (unpaired) electrons. The van der Waals surface area contributed by atoms with Gasteiger partial charge in [0.15, 0.2) is 5.65 Å². The Kier molecular flexibility index (Phi) is 3.81. The number of anilines is 1. The third kappa shape index (κ3) is 2.61. The summed E-state index contributed by atoms with van der Waals surface area (Å²) in [5.41, 5.74) is 2.11. The Bertz CT molecular complexity index is 519. The fourth-order valence-electron chi connectivity index (χ4n) is 2.28. The molecule has 98 valence electrons. The minimum atomic E-state index is 0.582. The molecule has 1 N–H and O–H groups in total. The van der Waals surface area contributed by atoms with Gasteiger partial charge in [-0.1, -0.05) is 6.92 Å². The summed E-state index contributed by atoms with van der Waals surface area (Å²) in [5, 5.41) is 7.49. The zero-order valence-electron chi connectivity index (χ0n) is 11.5. The summed E-state index contributed by atoms with van der Waals surface area (Å²) in [7, 11) is 4.08. The molecule has 1 atom stereocenters. The first-order valence-electron chi connectivity index (χ1n) is 6.28. The van der Waals surface area contributed by atoms with Crippen molar-refractivity contribution in [2.75, 3.05) is 32.1 Å². The first kappa shape index (κ1) is 12.8. The van der Waals surface area contributed by atoms with Crippen LogP contribution in [0.1, 0.15) is 12.5 Å². The molecule has 18 heavy (non-hydrogen) atoms. The molecule has 5 heteroatoms. The molecule has 5 nitrogen and oxygen atoms in total. The smallest absolute Gasteiger partial charge is 0.157 e. The second-order valence-electron chi connectivity index (χ2n) is 4.96. The lowest BCUT2D eigenvalue weighted by Crippen LogP contribution is -2.30. The number of pyridine rings is 1. The minimum Gasteiger partial charge on any atom is -0.359 e. The van der Waals surface area contributed by atoms with E-state index in [1.165, 1.54) is 5.56 Å². The van der Waals surface area contributed by atoms with Crippen LogP contribution in [0.5, 0.6) is 0 Å². The van der Waals surface area contributed by atoms with E-state index >= 15 is 0 Å². The van der Waals surface area contributed by atoms with Crippen LogP contribution in [0.3, 0.4) is 0 Å². The number of hydrogen-bond donors (Lipinski definition) is 1. The quantitative estimate of drug-likeness (QED) is 0.866. The molecular formula is C13H21N5. The SMILES string of the molecule is CNCC(C)CN(C)c1cc(C)cc2ncnn12. The van der Waals surface area contributed by atoms with E-state index in [1.54, 1.807) is 6.33 Å². The van der Waals surface area contributed by atoms with Crippen LogP contribution in [0.4, 0.5) is 5.82 Å². The van der Waals surface area contributed by atoms with E-state index in [9.17, 15) is 0 Å². The van der Waals surface area contributed by atoms with Gasteiger partial charge in [0.2, 0.25) is 0 Å². The summed E-state index contributed by atoms with van der Waals surface area (Å²) >= 11 is 0. The molecular weight excluding hydrogens is 226 g/mol. The number of hydrogen-bond acceptors (Lipinski definition) is 4. The van der Waals surface area contributed by atoms with Crippen LogP contribution in [0.2, 0.25) is 0 Å². The Morgan fingerprint density at radius 1 is 1.44 bits per heavy atom. The van der Waals surface area contributed by atoms with Crippen molar-refractivity contribution in [1.29, 1.82) is 0 Å². The van der Waals surface area contributed by atoms with Crippen molar-refractivity contribution in [1.82, 2.24) is 19.9 Å². The minimum absolute atomic E-state index is 0.582. The van der Waals surface area contributed by atoms with Gasteiger partial charge in [-0.3, -0.25) is 0 Å². The largest absolute Gasteiger partial charge is 0.359 e. The van der Waals surface area contributed by atoms with Gasteiger partial charge in [-0.15, -0.1) is 0 Å². The average molecular weight is 247 g/mol. The lowest BCUT2D eigenvalue weighted by molar-refractivity contribution is 0.539. The van der Waals surface area contributed by atoms with E-state index in [2.05, 4.69) is 47.3 Å². The first-order chi connectivity index (χ1) is 8.61. The third-order valence-corrected chi connectivity index (χ3v) is 3.03. The van der Waals surface area contributed by atoms with Crippen molar-refractivity contribution < 1.29 is 0 Å². The highest BCUT2D eigenvalue weighted by molar-refractivity contribution is 5.52. The van der Waals surface area contributed by atoms with Crippen LogP contribution < -0.4 is 10.2 Å². The molecule has 0 aliphatic rings. The molecule has 2 heterocycles. The standard InChI is InChI=1S/C13H21N5/c1-10-5-12-15-9-16-18(12)13(6-10)17(4)8-11(2)7-14-3/h5-6,9,11,14H,7-8H2,1-4H3. The van der Waals surface area contributed by atoms with Gasteiger partial charge in [0.05, 0.1) is 0 Å². The van der Waals surface area contributed by atoms with Gasteiger partial charge in [0.25, 0.3) is 0 Å². The van der Waals surface area contributed by atoms with Crippen LogP contribution in [0.25, 0.3) is 5.65 Å². The lowest BCUT2D eigenvalue weighted by atomic mass is 10.1. The van der Waals surface area contributed by atoms with Gasteiger partial charge in [-0.2, -0.15) is 9.61 Å². The highest BCUT2D eigenvalue weighted by Gasteiger charge is 2.11. The van der Waals surface area contributed by atoms with Crippen molar-refractivity contribution in [2.24, 2.45) is 5.92 Å². The lowest BCUT2D eigenvalue weighted by Gasteiger charge is -2.24. The van der Waals surface area contributed by atoms with Gasteiger partial charge < -0.3 is 10.2 Å². The molecule has 1 unspecified atom stereocenters. The second kappa shape index (κ2) is 5.35. The number of rotatable bonds is 5. The predicted molar refractivity (Wildman–Crippen MR) is 74.1 cm³/mol. The van der Waals surface area contributed by atoms with E-state index in [4.69, 9.17) is 0 Å². The predicted octanol–water partition coefficient (Wildman–Crippen LogP) is 1.33. The molecule has 2 aromatic rings. The van der Waals surface area contributed by atoms with Crippen LogP contribution in [-0.4, -0.2) is 41.8 Å². The molecule has 0 fully saturated rings. The Balaban J connectivity index is 2.26. The summed E-state index contributed by atoms with van der Waals surface area (Å²) in [6.07, 6.45) is 1.60. The average Bonchev–Trinajstić information content (AvgIpc) is 2.75. The Labute approximate surface area is 108 Å². The first-order valence-corrected chi connectivity index (χ1v) is 6.28. The number of aryl methyl sites for hydroxylation is 1. The van der Waals surface area contributed by atoms with Crippen molar-refractivity contribution in [2.45, 2.75) is 13.8 Å². The highest BCUT2D eigenvalue weighted by atomic mass is 15.4. The fourth-order valence-corrected chi connectivity index (χ4v) is 2.28. The third-order valence-electron chi connectivity index (χ3n) is 3.03. The van der Waals surface area contributed by atoms with Gasteiger partial charge in [0, 0.05) is 13.6 Å². The van der Waals surface area contributed by atoms with Crippen molar-refractivity contribution in [3.8, 4) is 0 Å². The Hall–Kier alpha value is -1.62. The number of nitrogens with one attached hydrogen (secondary N) is 1. The van der Waals surface area contributed by atoms with Gasteiger partial charge in [-0.05, 0) is 44.1 Å². The molecule has 2 aromatic heterocycles. The zero-order valence-corrected chi connectivity index (χ0v) is 11.5. The van der Waals surface area contributed by atoms with E-state index in [0.717, 1.165) is 24.6 Å². The number of fused-ring (bicyclic) bond motifs is 1. The highest BCUT2D eigenvalue weighted by Crippen LogP contribution is 2.17. The monoisotopic (exact) mass is 247 g/mol. The molecule has 0 bridgehead atoms. The van der Waals surface area contributed by atoms with E-state index < -0.39 is 0 Å². The topological polar surface area (TPSA) is 45.5 Å². The van der Waals surface area contributed by atoms with Crippen molar-refractivity contribution in [3.05, 3.63) is 24.0 Å². The maximum absolute atomic E-state index is 4.28. The number of nitrogens with zero attached hydrogens (tertiary/aromatic N) is 4. The molecule has 0 aliphatic carbocycles. The zero-order chi connectivity index (χ0) is 13.1. The normalized spacial score (nSPS) is 12.9. The molecule has 0 amide bonds. The molecule has 0 spiro atoms. The van der Waals surface area contributed by atoms with Crippen molar-refractivity contribution >= 4 is 11.5 Å². The summed E-state index contributed by atoms with van der Waals surface area (Å²) < 4.78 is 1.89. The Morgan fingerprint density at radius 3 is 2.94 bits per heavy atom. The number of aromatic nitrogens is 3. The van der Waals surface area contributed by atoms with Gasteiger partial charge >= 0.3 is 0 Å². The summed E-state index contributed by atoms with van der Waals surface area (Å²) in [6, 6.07) is 4.19. The van der Waals surface area contributed by atoms with E-state index in [-0.39, 0.29) is 0 Å². The van der Waals surface area contributed by atoms with Crippen LogP contribution in [0.15, 0.2) is 18.5 Å². The fraction of sp³-hybridized carbons (Fsp3) is 0.538. The second-order valence-corrected chi connectivity index (χ2v) is 4.96. The Morgan fingerprint density at radius 2 is 2.22 bits per heavy atom. The van der Waals surface area contributed by atoms with Gasteiger partial charge in [0.1, 0.15) is 12.1 Å². The van der Waals surface area contributed by atoms with Crippen LogP contribution in [0, 0.1) is 12.8 Å². The van der Waals surface area contributed by atoms with E-state index in [0.29, 0.717) is 5.92 Å². The molecule has 2 rings (SSSR count). The molecule has 0 aliphatic heterocycles. The molecule has 0 saturated carbocycles. The summed E-state index contributed by atoms with van der Waals surface area (Å²) in [5.74, 6) is 1.67. The van der Waals surface area contributed by atoms with Gasteiger partial charge in [-0.25, -0.2) is 4.98 Å². The summed E-state index contributed by atoms with van der Waals surface area (Å²) in [4.78, 5) is 6.48. The van der Waals surface area contributed by atoms with Crippen LogP contribution >= 0.6 is 0 Å². The maximum atomic E-state index is 4.28. The summed E-state index contributed by atoms with van der Waals surface area (Å²) in [6.45, 7) is 6.32. The van der Waals surface area contributed by atoms with E-state index in [1.807, 2.05) is 17.6 Å². The molecule has 0 saturated heterocycles. The molecule has 0 aromatic carbocycles.